The normalized spacial score (nSPS) is 11.6. The summed E-state index contributed by atoms with van der Waals surface area (Å²) in [6.07, 6.45) is 0. The van der Waals surface area contributed by atoms with Crippen molar-refractivity contribution in [1.29, 1.82) is 0 Å². The molecule has 0 aliphatic rings. The van der Waals surface area contributed by atoms with E-state index in [4.69, 9.17) is 16.3 Å². The molecule has 0 aliphatic carbocycles. The summed E-state index contributed by atoms with van der Waals surface area (Å²) < 4.78 is 5.59. The number of carbonyl (C=O) groups excluding carboxylic acids is 1. The zero-order valence-electron chi connectivity index (χ0n) is 13.7. The van der Waals surface area contributed by atoms with Gasteiger partial charge >= 0.3 is 0 Å². The standard InChI is InChI=1S/C17H18ClN3O4/c1-20(9-10-25-14-5-3-2-4-6-14)12-17(22)19-16-11-13(21(23)24)7-8-15(16)18/h2-8,11H,9-10,12H2,1H3,(H,19,22)/p+1. The van der Waals surface area contributed by atoms with E-state index in [2.05, 4.69) is 5.32 Å². The summed E-state index contributed by atoms with van der Waals surface area (Å²) in [4.78, 5) is 23.3. The van der Waals surface area contributed by atoms with Crippen LogP contribution in [0.25, 0.3) is 0 Å². The lowest BCUT2D eigenvalue weighted by atomic mass is 10.2. The fraction of sp³-hybridized carbons (Fsp3) is 0.235. The first kappa shape index (κ1) is 18.7. The summed E-state index contributed by atoms with van der Waals surface area (Å²) in [6.45, 7) is 1.29. The number of hydrogen-bond donors (Lipinski definition) is 2. The van der Waals surface area contributed by atoms with Crippen molar-refractivity contribution >= 4 is 28.9 Å². The van der Waals surface area contributed by atoms with Crippen LogP contribution in [-0.4, -0.2) is 37.6 Å². The number of rotatable bonds is 8. The van der Waals surface area contributed by atoms with Crippen molar-refractivity contribution in [3.8, 4) is 5.75 Å². The largest absolute Gasteiger partial charge is 0.488 e. The van der Waals surface area contributed by atoms with Gasteiger partial charge in [-0.1, -0.05) is 29.8 Å². The maximum atomic E-state index is 12.1. The predicted octanol–water partition coefficient (Wildman–Crippen LogP) is 1.78. The number of halogens is 1. The molecule has 1 amide bonds. The van der Waals surface area contributed by atoms with Crippen molar-refractivity contribution in [2.75, 3.05) is 32.1 Å². The molecule has 0 bridgehead atoms. The van der Waals surface area contributed by atoms with Crippen molar-refractivity contribution < 1.29 is 19.4 Å². The zero-order chi connectivity index (χ0) is 18.2. The second-order valence-electron chi connectivity index (χ2n) is 5.51. The Kier molecular flexibility index (Phi) is 6.73. The first-order chi connectivity index (χ1) is 12.0. The van der Waals surface area contributed by atoms with Crippen LogP contribution >= 0.6 is 11.6 Å². The number of nitro benzene ring substituents is 1. The van der Waals surface area contributed by atoms with Crippen molar-refractivity contribution in [2.45, 2.75) is 0 Å². The first-order valence-electron chi connectivity index (χ1n) is 7.68. The number of amides is 1. The molecule has 2 aromatic rings. The third kappa shape index (κ3) is 6.06. The highest BCUT2D eigenvalue weighted by atomic mass is 35.5. The highest BCUT2D eigenvalue weighted by Crippen LogP contribution is 2.26. The van der Waals surface area contributed by atoms with Crippen LogP contribution in [0.4, 0.5) is 11.4 Å². The Morgan fingerprint density at radius 2 is 2.00 bits per heavy atom. The number of nitrogens with one attached hydrogen (secondary N) is 2. The molecule has 0 spiro atoms. The van der Waals surface area contributed by atoms with Gasteiger partial charge in [-0.3, -0.25) is 14.9 Å². The third-order valence-electron chi connectivity index (χ3n) is 3.44. The first-order valence-corrected chi connectivity index (χ1v) is 8.06. The van der Waals surface area contributed by atoms with E-state index >= 15 is 0 Å². The highest BCUT2D eigenvalue weighted by molar-refractivity contribution is 6.33. The molecule has 2 N–H and O–H groups in total. The van der Waals surface area contributed by atoms with Crippen LogP contribution < -0.4 is 15.0 Å². The van der Waals surface area contributed by atoms with Gasteiger partial charge in [0.15, 0.2) is 6.54 Å². The van der Waals surface area contributed by atoms with Crippen molar-refractivity contribution in [3.63, 3.8) is 0 Å². The van der Waals surface area contributed by atoms with Crippen LogP contribution in [0.2, 0.25) is 5.02 Å². The lowest BCUT2D eigenvalue weighted by Crippen LogP contribution is -3.10. The average molecular weight is 365 g/mol. The molecule has 0 heterocycles. The molecular formula is C17H19ClN3O4+. The van der Waals surface area contributed by atoms with Gasteiger partial charge in [0, 0.05) is 12.1 Å². The fourth-order valence-electron chi connectivity index (χ4n) is 2.14. The number of ether oxygens (including phenoxy) is 1. The van der Waals surface area contributed by atoms with E-state index in [1.807, 2.05) is 37.4 Å². The van der Waals surface area contributed by atoms with Crippen molar-refractivity contribution in [3.05, 3.63) is 63.7 Å². The van der Waals surface area contributed by atoms with Crippen LogP contribution in [0.1, 0.15) is 0 Å². The Morgan fingerprint density at radius 1 is 1.28 bits per heavy atom. The van der Waals surface area contributed by atoms with E-state index in [9.17, 15) is 14.9 Å². The number of nitro groups is 1. The number of non-ortho nitro benzene ring substituents is 1. The molecular weight excluding hydrogens is 346 g/mol. The van der Waals surface area contributed by atoms with Crippen LogP contribution in [0.5, 0.6) is 5.75 Å². The molecule has 2 aromatic carbocycles. The summed E-state index contributed by atoms with van der Waals surface area (Å²) in [6, 6.07) is 13.3. The molecule has 8 heteroatoms. The Hall–Kier alpha value is -2.64. The minimum atomic E-state index is -0.537. The Morgan fingerprint density at radius 3 is 2.68 bits per heavy atom. The average Bonchev–Trinajstić information content (AvgIpc) is 2.57. The number of nitrogens with zero attached hydrogens (tertiary/aromatic N) is 1. The molecule has 0 saturated heterocycles. The summed E-state index contributed by atoms with van der Waals surface area (Å²) in [5.41, 5.74) is 0.103. The molecule has 25 heavy (non-hydrogen) atoms. The Bertz CT molecular complexity index is 740. The number of carbonyl (C=O) groups is 1. The monoisotopic (exact) mass is 364 g/mol. The Balaban J connectivity index is 1.81. The zero-order valence-corrected chi connectivity index (χ0v) is 14.5. The summed E-state index contributed by atoms with van der Waals surface area (Å²) in [7, 11) is 1.86. The lowest BCUT2D eigenvalue weighted by molar-refractivity contribution is -0.871. The van der Waals surface area contributed by atoms with Gasteiger partial charge in [0.25, 0.3) is 11.6 Å². The van der Waals surface area contributed by atoms with Crippen LogP contribution in [0, 0.1) is 10.1 Å². The molecule has 1 unspecified atom stereocenters. The van der Waals surface area contributed by atoms with Crippen LogP contribution in [0.15, 0.2) is 48.5 Å². The van der Waals surface area contributed by atoms with Crippen molar-refractivity contribution in [1.82, 2.24) is 0 Å². The van der Waals surface area contributed by atoms with Crippen LogP contribution in [-0.2, 0) is 4.79 Å². The second kappa shape index (κ2) is 9.00. The van der Waals surface area contributed by atoms with Gasteiger partial charge in [0.05, 0.1) is 22.7 Å². The summed E-state index contributed by atoms with van der Waals surface area (Å²) >= 11 is 5.97. The van der Waals surface area contributed by atoms with Gasteiger partial charge < -0.3 is 15.0 Å². The van der Waals surface area contributed by atoms with Gasteiger partial charge in [0.1, 0.15) is 18.9 Å². The highest BCUT2D eigenvalue weighted by Gasteiger charge is 2.15. The molecule has 1 atom stereocenters. The van der Waals surface area contributed by atoms with E-state index in [1.165, 1.54) is 18.2 Å². The lowest BCUT2D eigenvalue weighted by Gasteiger charge is -2.14. The minimum absolute atomic E-state index is 0.128. The maximum Gasteiger partial charge on any atom is 0.279 e. The maximum absolute atomic E-state index is 12.1. The fourth-order valence-corrected chi connectivity index (χ4v) is 2.30. The van der Waals surface area contributed by atoms with Gasteiger partial charge in [-0.2, -0.15) is 0 Å². The molecule has 0 saturated carbocycles. The number of hydrogen-bond acceptors (Lipinski definition) is 4. The molecule has 7 nitrogen and oxygen atoms in total. The van der Waals surface area contributed by atoms with E-state index in [0.29, 0.717) is 13.2 Å². The molecule has 0 aliphatic heterocycles. The second-order valence-corrected chi connectivity index (χ2v) is 5.92. The number of para-hydroxylation sites is 1. The quantitative estimate of drug-likeness (QED) is 0.552. The van der Waals surface area contributed by atoms with E-state index in [0.717, 1.165) is 10.6 Å². The summed E-state index contributed by atoms with van der Waals surface area (Å²) in [5.74, 6) is 0.503. The van der Waals surface area contributed by atoms with E-state index in [1.54, 1.807) is 0 Å². The van der Waals surface area contributed by atoms with Gasteiger partial charge in [-0.05, 0) is 18.2 Å². The Labute approximate surface area is 150 Å². The van der Waals surface area contributed by atoms with Crippen LogP contribution in [0.3, 0.4) is 0 Å². The number of likely N-dealkylation sites (N-methyl/N-ethyl adjacent to an activating group) is 1. The predicted molar refractivity (Wildman–Crippen MR) is 95.3 cm³/mol. The SMILES string of the molecule is C[NH+](CCOc1ccccc1)CC(=O)Nc1cc([N+](=O)[O-])ccc1Cl. The minimum Gasteiger partial charge on any atom is -0.488 e. The third-order valence-corrected chi connectivity index (χ3v) is 3.77. The number of anilines is 1. The molecule has 0 radical (unpaired) electrons. The van der Waals surface area contributed by atoms with E-state index < -0.39 is 4.92 Å². The smallest absolute Gasteiger partial charge is 0.279 e. The topological polar surface area (TPSA) is 85.9 Å². The molecule has 0 aromatic heterocycles. The molecule has 2 rings (SSSR count). The summed E-state index contributed by atoms with van der Waals surface area (Å²) in [5, 5.41) is 13.7. The van der Waals surface area contributed by atoms with Gasteiger partial charge in [0.2, 0.25) is 0 Å². The number of benzene rings is 2. The molecule has 0 fully saturated rings. The van der Waals surface area contributed by atoms with Gasteiger partial charge in [-0.15, -0.1) is 0 Å². The van der Waals surface area contributed by atoms with E-state index in [-0.39, 0.29) is 28.8 Å². The van der Waals surface area contributed by atoms with Gasteiger partial charge in [-0.25, -0.2) is 0 Å². The molecule has 132 valence electrons. The number of quaternary nitrogens is 1. The van der Waals surface area contributed by atoms with Crippen molar-refractivity contribution in [2.24, 2.45) is 0 Å².